The van der Waals surface area contributed by atoms with E-state index in [1.807, 2.05) is 48.5 Å². The van der Waals surface area contributed by atoms with E-state index in [9.17, 15) is 18.4 Å². The number of carbonyl (C=O) groups excluding carboxylic acids is 2. The maximum absolute atomic E-state index is 13.7. The van der Waals surface area contributed by atoms with Gasteiger partial charge in [-0.1, -0.05) is 48.5 Å². The van der Waals surface area contributed by atoms with Crippen LogP contribution < -0.4 is 16.0 Å². The lowest BCUT2D eigenvalue weighted by atomic mass is 9.79. The van der Waals surface area contributed by atoms with Crippen molar-refractivity contribution < 1.29 is 18.4 Å². The van der Waals surface area contributed by atoms with Gasteiger partial charge in [0, 0.05) is 42.5 Å². The largest absolute Gasteiger partial charge is 0.348 e. The third kappa shape index (κ3) is 5.09. The Labute approximate surface area is 208 Å². The van der Waals surface area contributed by atoms with Crippen LogP contribution in [0.2, 0.25) is 0 Å². The molecule has 3 amide bonds. The van der Waals surface area contributed by atoms with Crippen LogP contribution >= 0.6 is 0 Å². The third-order valence-corrected chi connectivity index (χ3v) is 7.07. The van der Waals surface area contributed by atoms with Gasteiger partial charge in [0.25, 0.3) is 5.91 Å². The molecular weight excluding hydrogens is 462 g/mol. The van der Waals surface area contributed by atoms with E-state index in [2.05, 4.69) is 26.9 Å². The van der Waals surface area contributed by atoms with E-state index in [4.69, 9.17) is 0 Å². The van der Waals surface area contributed by atoms with Gasteiger partial charge >= 0.3 is 6.03 Å². The van der Waals surface area contributed by atoms with Gasteiger partial charge in [0.2, 0.25) is 0 Å². The van der Waals surface area contributed by atoms with E-state index >= 15 is 0 Å². The molecule has 6 nitrogen and oxygen atoms in total. The van der Waals surface area contributed by atoms with Gasteiger partial charge in [-0.3, -0.25) is 4.79 Å². The third-order valence-electron chi connectivity index (χ3n) is 7.07. The second-order valence-corrected chi connectivity index (χ2v) is 9.50. The topological polar surface area (TPSA) is 73.5 Å². The monoisotopic (exact) mass is 490 g/mol. The molecule has 2 aliphatic heterocycles. The molecule has 5 rings (SSSR count). The molecule has 2 aliphatic rings. The van der Waals surface area contributed by atoms with E-state index in [0.29, 0.717) is 13.0 Å². The Hall–Kier alpha value is -3.78. The van der Waals surface area contributed by atoms with Gasteiger partial charge < -0.3 is 20.9 Å². The van der Waals surface area contributed by atoms with Crippen LogP contribution in [0.1, 0.15) is 34.3 Å². The van der Waals surface area contributed by atoms with E-state index in [1.165, 1.54) is 6.07 Å². The quantitative estimate of drug-likeness (QED) is 0.479. The van der Waals surface area contributed by atoms with Crippen molar-refractivity contribution >= 4 is 17.6 Å². The number of fused-ring (bicyclic) bond motifs is 2. The van der Waals surface area contributed by atoms with Crippen molar-refractivity contribution in [1.29, 1.82) is 0 Å². The summed E-state index contributed by atoms with van der Waals surface area (Å²) in [5, 5.41) is 9.06. The maximum Gasteiger partial charge on any atom is 0.319 e. The van der Waals surface area contributed by atoms with E-state index in [-0.39, 0.29) is 17.6 Å². The highest BCUT2D eigenvalue weighted by molar-refractivity contribution is 5.94. The Bertz CT molecular complexity index is 1260. The molecular formula is C28H28F2N4O2. The van der Waals surface area contributed by atoms with Crippen LogP contribution in [0, 0.1) is 11.6 Å². The first-order chi connectivity index (χ1) is 17.4. The first kappa shape index (κ1) is 23.9. The summed E-state index contributed by atoms with van der Waals surface area (Å²) < 4.78 is 27.1. The summed E-state index contributed by atoms with van der Waals surface area (Å²) in [5.41, 5.74) is 2.67. The van der Waals surface area contributed by atoms with Crippen LogP contribution in [0.3, 0.4) is 0 Å². The number of piperidine rings is 1. The number of anilines is 1. The molecule has 1 saturated heterocycles. The molecule has 0 radical (unpaired) electrons. The Morgan fingerprint density at radius 1 is 0.972 bits per heavy atom. The number of hydrogen-bond acceptors (Lipinski definition) is 3. The fraction of sp³-hybridized carbons (Fsp3) is 0.286. The standard InChI is InChI=1S/C28H28F2N4O2/c29-23-11-10-20(17-24(23)30)26(35)31-21(16-19-6-2-1-3-7-19)18-34-14-12-28(13-15-34)22-8-4-5-9-25(22)32-27(36)33-28/h1-11,17,21H,12-16,18H2,(H,31,35)(H2,32,33,36)/t21-/m0/s1. The van der Waals surface area contributed by atoms with Crippen molar-refractivity contribution in [2.75, 3.05) is 25.0 Å². The number of hydrogen-bond donors (Lipinski definition) is 3. The number of likely N-dealkylation sites (tertiary alicyclic amines) is 1. The molecule has 0 unspecified atom stereocenters. The zero-order chi connectivity index (χ0) is 25.1. The lowest BCUT2D eigenvalue weighted by molar-refractivity contribution is 0.0898. The number of rotatable bonds is 6. The molecule has 3 N–H and O–H groups in total. The molecule has 0 saturated carbocycles. The Morgan fingerprint density at radius 2 is 1.69 bits per heavy atom. The van der Waals surface area contributed by atoms with E-state index in [0.717, 1.165) is 54.9 Å². The second kappa shape index (κ2) is 10.1. The van der Waals surface area contributed by atoms with Crippen LogP contribution in [0.25, 0.3) is 0 Å². The molecule has 3 aromatic rings. The molecule has 0 aliphatic carbocycles. The summed E-state index contributed by atoms with van der Waals surface area (Å²) in [6.45, 7) is 2.07. The number of benzene rings is 3. The Kier molecular flexibility index (Phi) is 6.69. The smallest absolute Gasteiger partial charge is 0.319 e. The van der Waals surface area contributed by atoms with Crippen LogP contribution in [-0.4, -0.2) is 42.5 Å². The summed E-state index contributed by atoms with van der Waals surface area (Å²) >= 11 is 0. The number of halogens is 2. The summed E-state index contributed by atoms with van der Waals surface area (Å²) in [7, 11) is 0. The fourth-order valence-corrected chi connectivity index (χ4v) is 5.24. The predicted octanol–water partition coefficient (Wildman–Crippen LogP) is 4.43. The number of nitrogens with zero attached hydrogens (tertiary/aromatic N) is 1. The fourth-order valence-electron chi connectivity index (χ4n) is 5.24. The number of para-hydroxylation sites is 1. The zero-order valence-corrected chi connectivity index (χ0v) is 19.8. The minimum Gasteiger partial charge on any atom is -0.348 e. The number of nitrogens with one attached hydrogen (secondary N) is 3. The average molecular weight is 491 g/mol. The van der Waals surface area contributed by atoms with Gasteiger partial charge in [-0.05, 0) is 49.1 Å². The van der Waals surface area contributed by atoms with Crippen molar-refractivity contribution in [3.63, 3.8) is 0 Å². The lowest BCUT2D eigenvalue weighted by Gasteiger charge is -2.46. The molecule has 3 aromatic carbocycles. The first-order valence-electron chi connectivity index (χ1n) is 12.1. The molecule has 0 bridgehead atoms. The van der Waals surface area contributed by atoms with Gasteiger partial charge in [0.05, 0.1) is 5.54 Å². The molecule has 1 spiro atoms. The number of carbonyl (C=O) groups is 2. The number of urea groups is 1. The van der Waals surface area contributed by atoms with Crippen molar-refractivity contribution in [1.82, 2.24) is 15.5 Å². The first-order valence-corrected chi connectivity index (χ1v) is 12.1. The Morgan fingerprint density at radius 3 is 2.44 bits per heavy atom. The molecule has 0 aromatic heterocycles. The molecule has 1 atom stereocenters. The highest BCUT2D eigenvalue weighted by atomic mass is 19.2. The molecule has 36 heavy (non-hydrogen) atoms. The molecule has 2 heterocycles. The lowest BCUT2D eigenvalue weighted by Crippen LogP contribution is -2.58. The van der Waals surface area contributed by atoms with E-state index in [1.54, 1.807) is 0 Å². The van der Waals surface area contributed by atoms with Crippen LogP contribution in [0.4, 0.5) is 19.3 Å². The van der Waals surface area contributed by atoms with Gasteiger partial charge in [0.15, 0.2) is 11.6 Å². The van der Waals surface area contributed by atoms with E-state index < -0.39 is 23.1 Å². The summed E-state index contributed by atoms with van der Waals surface area (Å²) in [4.78, 5) is 27.5. The normalized spacial score (nSPS) is 17.6. The maximum atomic E-state index is 13.7. The summed E-state index contributed by atoms with van der Waals surface area (Å²) in [5.74, 6) is -2.48. The van der Waals surface area contributed by atoms with Crippen LogP contribution in [0.15, 0.2) is 72.8 Å². The summed E-state index contributed by atoms with van der Waals surface area (Å²) in [6, 6.07) is 20.5. The van der Waals surface area contributed by atoms with Crippen molar-refractivity contribution in [3.05, 3.63) is 101 Å². The highest BCUT2D eigenvalue weighted by Crippen LogP contribution is 2.39. The van der Waals surface area contributed by atoms with Crippen molar-refractivity contribution in [2.45, 2.75) is 30.8 Å². The molecule has 186 valence electrons. The average Bonchev–Trinajstić information content (AvgIpc) is 2.87. The van der Waals surface area contributed by atoms with Gasteiger partial charge in [0.1, 0.15) is 0 Å². The minimum atomic E-state index is -1.05. The zero-order valence-electron chi connectivity index (χ0n) is 19.8. The van der Waals surface area contributed by atoms with Crippen molar-refractivity contribution in [2.24, 2.45) is 0 Å². The van der Waals surface area contributed by atoms with Gasteiger partial charge in [-0.25, -0.2) is 13.6 Å². The molecule has 1 fully saturated rings. The Balaban J connectivity index is 1.30. The molecule has 8 heteroatoms. The second-order valence-electron chi connectivity index (χ2n) is 9.50. The SMILES string of the molecule is O=C1Nc2ccccc2C2(CCN(C[C@H](Cc3ccccc3)NC(=O)c3ccc(F)c(F)c3)CC2)N1. The van der Waals surface area contributed by atoms with Gasteiger partial charge in [-0.2, -0.15) is 0 Å². The predicted molar refractivity (Wildman–Crippen MR) is 134 cm³/mol. The van der Waals surface area contributed by atoms with Crippen LogP contribution in [0.5, 0.6) is 0 Å². The summed E-state index contributed by atoms with van der Waals surface area (Å²) in [6.07, 6.45) is 2.08. The minimum absolute atomic E-state index is 0.0820. The number of amides is 3. The van der Waals surface area contributed by atoms with Gasteiger partial charge in [-0.15, -0.1) is 0 Å². The van der Waals surface area contributed by atoms with Crippen LogP contribution in [-0.2, 0) is 12.0 Å². The van der Waals surface area contributed by atoms with Crippen molar-refractivity contribution in [3.8, 4) is 0 Å². The highest BCUT2D eigenvalue weighted by Gasteiger charge is 2.42.